The lowest BCUT2D eigenvalue weighted by molar-refractivity contribution is -0.157. The third-order valence-electron chi connectivity index (χ3n) is 10.3. The maximum absolute atomic E-state index is 12.9. The van der Waals surface area contributed by atoms with E-state index >= 15 is 0 Å². The second-order valence-electron chi connectivity index (χ2n) is 13.7. The molecule has 2 aliphatic heterocycles. The summed E-state index contributed by atoms with van der Waals surface area (Å²) in [5.74, 6) is 0.609. The van der Waals surface area contributed by atoms with E-state index in [1.807, 2.05) is 6.21 Å². The van der Waals surface area contributed by atoms with Gasteiger partial charge in [-0.2, -0.15) is 18.4 Å². The number of aryl methyl sites for hydroxylation is 1. The zero-order valence-electron chi connectivity index (χ0n) is 25.6. The first-order valence-electron chi connectivity index (χ1n) is 15.9. The Bertz CT molecular complexity index is 1920. The van der Waals surface area contributed by atoms with Crippen LogP contribution in [0.25, 0.3) is 21.1 Å². The molecule has 5 aliphatic rings. The summed E-state index contributed by atoms with van der Waals surface area (Å²) in [5, 5.41) is 19.0. The molecule has 9 rings (SSSR count). The number of fused-ring (bicyclic) bond motifs is 2. The maximum Gasteiger partial charge on any atom is 0.393 e. The second kappa shape index (κ2) is 10.8. The Kier molecular flexibility index (Phi) is 6.92. The van der Waals surface area contributed by atoms with Gasteiger partial charge in [-0.05, 0) is 79.8 Å². The number of hydrogen-bond acceptors (Lipinski definition) is 8. The summed E-state index contributed by atoms with van der Waals surface area (Å²) < 4.78 is 41.1. The molecule has 3 aliphatic carbocycles. The van der Waals surface area contributed by atoms with Crippen molar-refractivity contribution < 1.29 is 13.2 Å². The van der Waals surface area contributed by atoms with Crippen LogP contribution in [-0.2, 0) is 19.5 Å². The number of aliphatic imine (C=N–C) groups is 1. The first-order valence-corrected chi connectivity index (χ1v) is 16.7. The van der Waals surface area contributed by atoms with Gasteiger partial charge in [0.1, 0.15) is 28.7 Å². The van der Waals surface area contributed by atoms with E-state index in [2.05, 4.69) is 72.3 Å². The molecule has 0 radical (unpaired) electrons. The van der Waals surface area contributed by atoms with Crippen molar-refractivity contribution in [3.8, 4) is 6.07 Å². The largest absolute Gasteiger partial charge is 0.393 e. The Balaban J connectivity index is 0.906. The minimum absolute atomic E-state index is 0.186. The Morgan fingerprint density at radius 1 is 1.11 bits per heavy atom. The molecular formula is C34H35F3N8S. The van der Waals surface area contributed by atoms with Crippen LogP contribution in [0.2, 0.25) is 0 Å². The number of benzene rings is 1. The van der Waals surface area contributed by atoms with Crippen molar-refractivity contribution in [2.45, 2.75) is 76.3 Å². The minimum Gasteiger partial charge on any atom is -0.379 e. The van der Waals surface area contributed by atoms with Gasteiger partial charge in [0.25, 0.3) is 0 Å². The highest BCUT2D eigenvalue weighted by atomic mass is 32.1. The van der Waals surface area contributed by atoms with Crippen LogP contribution >= 0.6 is 11.3 Å². The summed E-state index contributed by atoms with van der Waals surface area (Å²) >= 11 is 1.07. The SMILES string of the molecule is Cc1c(CN2CCC(Nc3ncnc4sc(CC(F)(F)F)cc34)CC2)ccc2c1cc(C#N)n2CC12CC(NC3=CCN=C3)(C1)C2. The van der Waals surface area contributed by atoms with Gasteiger partial charge in [-0.25, -0.2) is 9.97 Å². The van der Waals surface area contributed by atoms with Crippen molar-refractivity contribution in [3.63, 3.8) is 0 Å². The van der Waals surface area contributed by atoms with Gasteiger partial charge in [0, 0.05) is 59.8 Å². The van der Waals surface area contributed by atoms with Gasteiger partial charge in [-0.3, -0.25) is 9.89 Å². The zero-order chi connectivity index (χ0) is 31.7. The number of alkyl halides is 3. The number of likely N-dealkylation sites (tertiary alicyclic amines) is 1. The molecule has 0 atom stereocenters. The van der Waals surface area contributed by atoms with Crippen molar-refractivity contribution in [2.75, 3.05) is 25.0 Å². The summed E-state index contributed by atoms with van der Waals surface area (Å²) in [4.78, 5) is 16.1. The lowest BCUT2D eigenvalue weighted by atomic mass is 9.39. The number of nitriles is 1. The van der Waals surface area contributed by atoms with Crippen molar-refractivity contribution in [1.29, 1.82) is 5.26 Å². The summed E-state index contributed by atoms with van der Waals surface area (Å²) in [5.41, 5.74) is 5.98. The summed E-state index contributed by atoms with van der Waals surface area (Å²) in [6, 6.07) is 10.7. The summed E-state index contributed by atoms with van der Waals surface area (Å²) in [6.07, 6.45) is 5.50. The molecule has 3 aromatic heterocycles. The lowest BCUT2D eigenvalue weighted by Gasteiger charge is -2.71. The van der Waals surface area contributed by atoms with Crippen LogP contribution in [0.1, 0.15) is 53.8 Å². The average Bonchev–Trinajstić information content (AvgIpc) is 3.72. The number of halogens is 3. The Labute approximate surface area is 269 Å². The van der Waals surface area contributed by atoms with Gasteiger partial charge in [0.05, 0.1) is 24.0 Å². The van der Waals surface area contributed by atoms with E-state index in [9.17, 15) is 18.4 Å². The number of rotatable bonds is 9. The molecule has 5 heterocycles. The Morgan fingerprint density at radius 2 is 1.91 bits per heavy atom. The van der Waals surface area contributed by atoms with Crippen LogP contribution in [0.5, 0.6) is 0 Å². The number of piperidine rings is 1. The molecule has 4 aromatic rings. The van der Waals surface area contributed by atoms with Gasteiger partial charge in [-0.1, -0.05) is 6.07 Å². The van der Waals surface area contributed by atoms with Crippen LogP contribution < -0.4 is 10.6 Å². The maximum atomic E-state index is 12.9. The molecule has 0 spiro atoms. The monoisotopic (exact) mass is 644 g/mol. The number of nitrogens with zero attached hydrogens (tertiary/aromatic N) is 6. The summed E-state index contributed by atoms with van der Waals surface area (Å²) in [6.45, 7) is 6.45. The molecule has 238 valence electrons. The molecule has 12 heteroatoms. The molecule has 4 fully saturated rings. The molecule has 0 amide bonds. The molecule has 1 saturated heterocycles. The number of anilines is 1. The fraction of sp³-hybridized carbons (Fsp3) is 0.471. The summed E-state index contributed by atoms with van der Waals surface area (Å²) in [7, 11) is 0. The second-order valence-corrected chi connectivity index (χ2v) is 14.9. The smallest absolute Gasteiger partial charge is 0.379 e. The molecular weight excluding hydrogens is 609 g/mol. The standard InChI is InChI=1S/C34H35F3N8S/c1-21-22(15-44-8-5-23(6-9-44)42-30-28-11-26(12-34(35,36)37)46-31(28)41-20-40-30)2-3-29-27(21)10-25(13-38)45(29)19-32-16-33(17-32,18-32)43-24-4-7-39-14-24/h2-4,10-11,14,20,23,43H,5-9,12,15-19H2,1H3,(H,40,41,42). The van der Waals surface area contributed by atoms with E-state index in [-0.39, 0.29) is 21.9 Å². The fourth-order valence-electron chi connectivity index (χ4n) is 8.31. The van der Waals surface area contributed by atoms with Crippen LogP contribution in [-0.4, -0.2) is 63.0 Å². The normalized spacial score (nSPS) is 24.5. The van der Waals surface area contributed by atoms with E-state index in [4.69, 9.17) is 0 Å². The van der Waals surface area contributed by atoms with Gasteiger partial charge < -0.3 is 15.2 Å². The molecule has 8 nitrogen and oxygen atoms in total. The van der Waals surface area contributed by atoms with Crippen LogP contribution in [0, 0.1) is 23.7 Å². The van der Waals surface area contributed by atoms with Crippen LogP contribution in [0.4, 0.5) is 19.0 Å². The first kappa shape index (κ1) is 29.5. The van der Waals surface area contributed by atoms with E-state index in [0.717, 1.165) is 98.5 Å². The molecule has 2 bridgehead atoms. The minimum atomic E-state index is -4.25. The van der Waals surface area contributed by atoms with Gasteiger partial charge in [0.2, 0.25) is 0 Å². The molecule has 1 aromatic carbocycles. The molecule has 0 unspecified atom stereocenters. The van der Waals surface area contributed by atoms with Crippen molar-refractivity contribution in [1.82, 2.24) is 24.8 Å². The lowest BCUT2D eigenvalue weighted by Crippen LogP contribution is -2.74. The number of aromatic nitrogens is 3. The highest BCUT2D eigenvalue weighted by molar-refractivity contribution is 7.18. The Morgan fingerprint density at radius 3 is 2.63 bits per heavy atom. The van der Waals surface area contributed by atoms with Crippen molar-refractivity contribution in [3.05, 3.63) is 64.1 Å². The first-order chi connectivity index (χ1) is 22.1. The van der Waals surface area contributed by atoms with Gasteiger partial charge in [-0.15, -0.1) is 11.3 Å². The number of hydrogen-bond donors (Lipinski definition) is 2. The van der Waals surface area contributed by atoms with Crippen molar-refractivity contribution >= 4 is 44.5 Å². The zero-order valence-corrected chi connectivity index (χ0v) is 26.4. The third-order valence-corrected chi connectivity index (χ3v) is 11.4. The van der Waals surface area contributed by atoms with E-state index in [1.165, 1.54) is 17.5 Å². The van der Waals surface area contributed by atoms with E-state index in [1.54, 1.807) is 6.07 Å². The van der Waals surface area contributed by atoms with E-state index in [0.29, 0.717) is 16.0 Å². The quantitative estimate of drug-likeness (QED) is 0.217. The number of allylic oxidation sites excluding steroid dienone is 1. The third kappa shape index (κ3) is 5.33. The number of nitrogens with one attached hydrogen (secondary N) is 2. The fourth-order valence-corrected chi connectivity index (χ4v) is 9.33. The Hall–Kier alpha value is -3.95. The molecule has 46 heavy (non-hydrogen) atoms. The average molecular weight is 645 g/mol. The number of thiophene rings is 1. The van der Waals surface area contributed by atoms with E-state index < -0.39 is 12.6 Å². The van der Waals surface area contributed by atoms with Crippen LogP contribution in [0.15, 0.2) is 47.4 Å². The highest BCUT2D eigenvalue weighted by Gasteiger charge is 2.68. The topological polar surface area (TPSA) is 94.2 Å². The van der Waals surface area contributed by atoms with Gasteiger partial charge in [0.15, 0.2) is 0 Å². The predicted octanol–water partition coefficient (Wildman–Crippen LogP) is 6.49. The molecule has 3 saturated carbocycles. The predicted molar refractivity (Wildman–Crippen MR) is 174 cm³/mol. The van der Waals surface area contributed by atoms with Gasteiger partial charge >= 0.3 is 6.18 Å². The van der Waals surface area contributed by atoms with Crippen LogP contribution in [0.3, 0.4) is 0 Å². The van der Waals surface area contributed by atoms with Crippen molar-refractivity contribution in [2.24, 2.45) is 10.4 Å². The highest BCUT2D eigenvalue weighted by Crippen LogP contribution is 2.68. The molecule has 2 N–H and O–H groups in total.